The molecule has 5 heteroatoms. The molecule has 292 valence electrons. The summed E-state index contributed by atoms with van der Waals surface area (Å²) in [5.41, 5.74) is 12.6. The summed E-state index contributed by atoms with van der Waals surface area (Å²) in [6, 6.07) is 49.3. The highest BCUT2D eigenvalue weighted by Gasteiger charge is 2.59. The van der Waals surface area contributed by atoms with Crippen LogP contribution in [-0.4, -0.2) is 15.0 Å². The quantitative estimate of drug-likeness (QED) is 0.168. The first-order valence-corrected chi connectivity index (χ1v) is 22.7. The van der Waals surface area contributed by atoms with Gasteiger partial charge in [-0.05, 0) is 119 Å². The second kappa shape index (κ2) is 13.3. The molecule has 4 bridgehead atoms. The van der Waals surface area contributed by atoms with Crippen molar-refractivity contribution in [1.82, 2.24) is 15.0 Å². The number of hydrogen-bond donors (Lipinski definition) is 0. The van der Waals surface area contributed by atoms with Gasteiger partial charge in [-0.1, -0.05) is 130 Å². The minimum absolute atomic E-state index is 0.131. The highest BCUT2D eigenvalue weighted by molar-refractivity contribution is 7.25. The largest absolute Gasteiger partial charge is 0.208 e. The highest BCUT2D eigenvalue weighted by Crippen LogP contribution is 2.66. The molecule has 8 aromatic rings. The van der Waals surface area contributed by atoms with E-state index in [1.165, 1.54) is 91.2 Å². The SMILES string of the molecule is CCc1ccc(-c2nc(-c3ccc(C4(c5cc(C#N)cc6sc7ccccc7c56)C5CC6CC(C5)CC4C6)cc3)nc(-c3cccc4c3-c3ccccc3C4(C)C)n2)cc1. The van der Waals surface area contributed by atoms with Crippen LogP contribution in [-0.2, 0) is 17.3 Å². The minimum Gasteiger partial charge on any atom is -0.208 e. The zero-order chi connectivity index (χ0) is 40.3. The summed E-state index contributed by atoms with van der Waals surface area (Å²) in [6.45, 7) is 6.83. The molecule has 13 rings (SSSR count). The highest BCUT2D eigenvalue weighted by atomic mass is 32.1. The summed E-state index contributed by atoms with van der Waals surface area (Å²) >= 11 is 1.83. The van der Waals surface area contributed by atoms with Crippen LogP contribution in [0.5, 0.6) is 0 Å². The van der Waals surface area contributed by atoms with E-state index < -0.39 is 0 Å². The van der Waals surface area contributed by atoms with Crippen LogP contribution < -0.4 is 0 Å². The Morgan fingerprint density at radius 2 is 1.23 bits per heavy atom. The van der Waals surface area contributed by atoms with E-state index in [0.717, 1.165) is 40.5 Å². The summed E-state index contributed by atoms with van der Waals surface area (Å²) in [4.78, 5) is 15.9. The van der Waals surface area contributed by atoms with Crippen molar-refractivity contribution in [1.29, 1.82) is 5.26 Å². The summed E-state index contributed by atoms with van der Waals surface area (Å²) in [5, 5.41) is 13.1. The molecular formula is C55H46N4S. The molecule has 4 fully saturated rings. The third kappa shape index (κ3) is 5.16. The maximum Gasteiger partial charge on any atom is 0.164 e. The molecular weight excluding hydrogens is 749 g/mol. The van der Waals surface area contributed by atoms with Gasteiger partial charge in [0.1, 0.15) is 0 Å². The van der Waals surface area contributed by atoms with Crippen LogP contribution >= 0.6 is 11.3 Å². The fraction of sp³-hybridized carbons (Fsp3) is 0.273. The topological polar surface area (TPSA) is 62.5 Å². The maximum atomic E-state index is 10.5. The van der Waals surface area contributed by atoms with Gasteiger partial charge in [0.15, 0.2) is 17.5 Å². The van der Waals surface area contributed by atoms with Gasteiger partial charge < -0.3 is 0 Å². The second-order valence-corrected chi connectivity index (χ2v) is 19.7. The average Bonchev–Trinajstić information content (AvgIpc) is 3.78. The Morgan fingerprint density at radius 1 is 0.617 bits per heavy atom. The zero-order valence-electron chi connectivity index (χ0n) is 34.4. The molecule has 0 unspecified atom stereocenters. The first-order chi connectivity index (χ1) is 29.3. The lowest BCUT2D eigenvalue weighted by atomic mass is 9.42. The van der Waals surface area contributed by atoms with Crippen molar-refractivity contribution < 1.29 is 0 Å². The Bertz CT molecular complexity index is 3050. The van der Waals surface area contributed by atoms with Crippen LogP contribution in [0.25, 0.3) is 65.5 Å². The number of thiophene rings is 1. The van der Waals surface area contributed by atoms with Crippen molar-refractivity contribution in [2.24, 2.45) is 23.7 Å². The summed E-state index contributed by atoms with van der Waals surface area (Å²) in [6.07, 6.45) is 7.39. The van der Waals surface area contributed by atoms with Crippen molar-refractivity contribution in [2.45, 2.75) is 70.1 Å². The number of benzene rings is 6. The van der Waals surface area contributed by atoms with Gasteiger partial charge in [-0.3, -0.25) is 0 Å². The predicted molar refractivity (Wildman–Crippen MR) is 245 cm³/mol. The monoisotopic (exact) mass is 794 g/mol. The Hall–Kier alpha value is -5.96. The Balaban J connectivity index is 1.05. The summed E-state index contributed by atoms with van der Waals surface area (Å²) in [7, 11) is 0. The molecule has 2 heterocycles. The summed E-state index contributed by atoms with van der Waals surface area (Å²) in [5.74, 6) is 4.73. The van der Waals surface area contributed by atoms with Crippen molar-refractivity contribution in [3.63, 3.8) is 0 Å². The third-order valence-corrected chi connectivity index (χ3v) is 16.3. The normalized spacial score (nSPS) is 23.2. The molecule has 2 aromatic heterocycles. The smallest absolute Gasteiger partial charge is 0.164 e. The molecule has 60 heavy (non-hydrogen) atoms. The van der Waals surface area contributed by atoms with Crippen molar-refractivity contribution >= 4 is 31.5 Å². The van der Waals surface area contributed by atoms with Gasteiger partial charge in [0.05, 0.1) is 11.6 Å². The molecule has 0 N–H and O–H groups in total. The lowest BCUT2D eigenvalue weighted by molar-refractivity contribution is -0.0412. The summed E-state index contributed by atoms with van der Waals surface area (Å²) < 4.78 is 2.52. The van der Waals surface area contributed by atoms with E-state index in [0.29, 0.717) is 29.3 Å². The Morgan fingerprint density at radius 3 is 1.93 bits per heavy atom. The molecule has 0 saturated heterocycles. The Labute approximate surface area is 356 Å². The molecule has 6 aromatic carbocycles. The van der Waals surface area contributed by atoms with Crippen LogP contribution in [0, 0.1) is 35.0 Å². The predicted octanol–water partition coefficient (Wildman–Crippen LogP) is 13.7. The third-order valence-electron chi connectivity index (χ3n) is 15.2. The number of nitriles is 1. The standard InChI is InChI=1S/C55H46N4S/c1-4-32-16-18-36(19-17-32)51-57-52(59-53(58-51)43-12-9-14-45-49(43)41-10-5-7-13-44(41)54(45,2)3)37-20-22-38(23-21-37)55(39-25-33-24-34(27-39)28-40(55)26-33)46-29-35(31-56)30-48-50(46)42-11-6-8-15-47(42)60-48/h5-23,29-30,33-34,39-40H,4,24-28H2,1-3H3. The zero-order valence-corrected chi connectivity index (χ0v) is 35.2. The van der Waals surface area contributed by atoms with E-state index in [1.807, 2.05) is 11.3 Å². The first-order valence-electron chi connectivity index (χ1n) is 21.9. The van der Waals surface area contributed by atoms with Gasteiger partial charge in [-0.2, -0.15) is 5.26 Å². The number of fused-ring (bicyclic) bond motifs is 6. The molecule has 0 atom stereocenters. The van der Waals surface area contributed by atoms with Crippen LogP contribution in [0.15, 0.2) is 127 Å². The molecule has 0 spiro atoms. The van der Waals surface area contributed by atoms with E-state index in [1.54, 1.807) is 0 Å². The van der Waals surface area contributed by atoms with Gasteiger partial charge in [-0.25, -0.2) is 15.0 Å². The molecule has 0 radical (unpaired) electrons. The Kier molecular flexibility index (Phi) is 7.95. The van der Waals surface area contributed by atoms with Crippen LogP contribution in [0.2, 0.25) is 0 Å². The van der Waals surface area contributed by atoms with Crippen molar-refractivity contribution in [2.75, 3.05) is 0 Å². The number of rotatable bonds is 6. The van der Waals surface area contributed by atoms with Gasteiger partial charge in [0, 0.05) is 47.7 Å². The van der Waals surface area contributed by atoms with Gasteiger partial charge in [-0.15, -0.1) is 11.3 Å². The van der Waals surface area contributed by atoms with Crippen molar-refractivity contribution in [3.05, 3.63) is 161 Å². The van der Waals surface area contributed by atoms with E-state index in [2.05, 4.69) is 154 Å². The fourth-order valence-electron chi connectivity index (χ4n) is 12.7. The molecule has 5 aliphatic rings. The first kappa shape index (κ1) is 35.9. The van der Waals surface area contributed by atoms with Crippen LogP contribution in [0.1, 0.15) is 86.3 Å². The van der Waals surface area contributed by atoms with Crippen molar-refractivity contribution in [3.8, 4) is 51.4 Å². The fourth-order valence-corrected chi connectivity index (χ4v) is 13.9. The molecule has 4 nitrogen and oxygen atoms in total. The lowest BCUT2D eigenvalue weighted by Crippen LogP contribution is -2.56. The van der Waals surface area contributed by atoms with Gasteiger partial charge in [0.2, 0.25) is 0 Å². The van der Waals surface area contributed by atoms with E-state index in [4.69, 9.17) is 15.0 Å². The number of aromatic nitrogens is 3. The van der Waals surface area contributed by atoms with E-state index in [-0.39, 0.29) is 10.8 Å². The number of hydrogen-bond acceptors (Lipinski definition) is 5. The van der Waals surface area contributed by atoms with Crippen LogP contribution in [0.3, 0.4) is 0 Å². The van der Waals surface area contributed by atoms with Gasteiger partial charge >= 0.3 is 0 Å². The maximum absolute atomic E-state index is 10.5. The van der Waals surface area contributed by atoms with E-state index >= 15 is 0 Å². The lowest BCUT2D eigenvalue weighted by Gasteiger charge is -2.62. The second-order valence-electron chi connectivity index (χ2n) is 18.6. The molecule has 0 aliphatic heterocycles. The van der Waals surface area contributed by atoms with Crippen LogP contribution in [0.4, 0.5) is 0 Å². The number of nitrogens with zero attached hydrogens (tertiary/aromatic N) is 4. The van der Waals surface area contributed by atoms with Gasteiger partial charge in [0.25, 0.3) is 0 Å². The molecule has 5 aliphatic carbocycles. The minimum atomic E-state index is -0.178. The average molecular weight is 795 g/mol. The van der Waals surface area contributed by atoms with E-state index in [9.17, 15) is 5.26 Å². The molecule has 4 saturated carbocycles. The number of aryl methyl sites for hydroxylation is 1. The molecule has 0 amide bonds.